The Balaban J connectivity index is 1.76. The topological polar surface area (TPSA) is 45.2 Å². The third-order valence-electron chi connectivity index (χ3n) is 3.80. The van der Waals surface area contributed by atoms with Crippen molar-refractivity contribution in [3.8, 4) is 0 Å². The van der Waals surface area contributed by atoms with Gasteiger partial charge < -0.3 is 5.32 Å². The molecule has 2 aliphatic heterocycles. The van der Waals surface area contributed by atoms with Crippen molar-refractivity contribution >= 4 is 5.91 Å². The van der Waals surface area contributed by atoms with Gasteiger partial charge in [0.15, 0.2) is 0 Å². The number of hydrogen-bond acceptors (Lipinski definition) is 3. The third-order valence-corrected chi connectivity index (χ3v) is 3.80. The van der Waals surface area contributed by atoms with Gasteiger partial charge in [0.25, 0.3) is 0 Å². The zero-order chi connectivity index (χ0) is 11.7. The second kappa shape index (κ2) is 4.45. The summed E-state index contributed by atoms with van der Waals surface area (Å²) < 4.78 is 0. The van der Waals surface area contributed by atoms with E-state index in [9.17, 15) is 4.79 Å². The second-order valence-electron chi connectivity index (χ2n) is 4.89. The van der Waals surface area contributed by atoms with Crippen molar-refractivity contribution < 1.29 is 4.79 Å². The molecular formula is C13H17N3O. The van der Waals surface area contributed by atoms with Crippen LogP contribution < -0.4 is 5.32 Å². The van der Waals surface area contributed by atoms with Gasteiger partial charge in [-0.2, -0.15) is 0 Å². The van der Waals surface area contributed by atoms with E-state index >= 15 is 0 Å². The van der Waals surface area contributed by atoms with Crippen LogP contribution in [0.25, 0.3) is 0 Å². The van der Waals surface area contributed by atoms with E-state index in [2.05, 4.69) is 21.3 Å². The van der Waals surface area contributed by atoms with E-state index in [1.807, 2.05) is 18.3 Å². The number of carbonyl (C=O) groups excluding carboxylic acids is 1. The number of aromatic nitrogens is 1. The number of nitrogens with one attached hydrogen (secondary N) is 1. The number of amides is 1. The second-order valence-corrected chi connectivity index (χ2v) is 4.89. The van der Waals surface area contributed by atoms with Crippen LogP contribution in [0, 0.1) is 0 Å². The maximum absolute atomic E-state index is 11.5. The zero-order valence-electron chi connectivity index (χ0n) is 9.80. The van der Waals surface area contributed by atoms with Gasteiger partial charge in [-0.05, 0) is 25.0 Å². The van der Waals surface area contributed by atoms with Crippen LogP contribution in [-0.4, -0.2) is 34.4 Å². The smallest absolute Gasteiger partial charge is 0.221 e. The summed E-state index contributed by atoms with van der Waals surface area (Å²) in [7, 11) is 0. The minimum Gasteiger partial charge on any atom is -0.354 e. The van der Waals surface area contributed by atoms with Gasteiger partial charge in [-0.25, -0.2) is 0 Å². The van der Waals surface area contributed by atoms with E-state index in [4.69, 9.17) is 0 Å². The fourth-order valence-electron chi connectivity index (χ4n) is 2.91. The monoisotopic (exact) mass is 231 g/mol. The molecule has 17 heavy (non-hydrogen) atoms. The highest BCUT2D eigenvalue weighted by Gasteiger charge is 2.37. The Morgan fingerprint density at radius 1 is 1.35 bits per heavy atom. The van der Waals surface area contributed by atoms with Crippen LogP contribution in [0.15, 0.2) is 24.4 Å². The number of nitrogens with zero attached hydrogens (tertiary/aromatic N) is 2. The summed E-state index contributed by atoms with van der Waals surface area (Å²) in [6, 6.07) is 6.91. The van der Waals surface area contributed by atoms with Crippen molar-refractivity contribution in [3.05, 3.63) is 30.1 Å². The lowest BCUT2D eigenvalue weighted by Crippen LogP contribution is -2.37. The number of carbonyl (C=O) groups is 1. The van der Waals surface area contributed by atoms with E-state index in [1.165, 1.54) is 6.42 Å². The first-order valence-corrected chi connectivity index (χ1v) is 6.25. The molecule has 4 heteroatoms. The molecule has 2 saturated heterocycles. The largest absolute Gasteiger partial charge is 0.354 e. The first kappa shape index (κ1) is 10.7. The normalized spacial score (nSPS) is 28.8. The number of pyridine rings is 1. The zero-order valence-corrected chi connectivity index (χ0v) is 9.80. The van der Waals surface area contributed by atoms with Crippen LogP contribution in [0.3, 0.4) is 0 Å². The highest BCUT2D eigenvalue weighted by molar-refractivity contribution is 5.77. The van der Waals surface area contributed by atoms with Crippen molar-refractivity contribution in [2.45, 2.75) is 37.9 Å². The average molecular weight is 231 g/mol. The fourth-order valence-corrected chi connectivity index (χ4v) is 2.91. The van der Waals surface area contributed by atoms with Gasteiger partial charge in [0.2, 0.25) is 5.91 Å². The van der Waals surface area contributed by atoms with Crippen molar-refractivity contribution in [1.82, 2.24) is 15.2 Å². The molecule has 1 N–H and O–H groups in total. The summed E-state index contributed by atoms with van der Waals surface area (Å²) in [5.74, 6) is 0.197. The Hall–Kier alpha value is -1.42. The third kappa shape index (κ3) is 2.17. The maximum Gasteiger partial charge on any atom is 0.221 e. The van der Waals surface area contributed by atoms with Gasteiger partial charge in [0.05, 0.1) is 5.69 Å². The summed E-state index contributed by atoms with van der Waals surface area (Å²) in [6.45, 7) is 1.66. The first-order valence-electron chi connectivity index (χ1n) is 6.25. The predicted octanol–water partition coefficient (Wildman–Crippen LogP) is 0.934. The van der Waals surface area contributed by atoms with E-state index in [1.54, 1.807) is 0 Å². The van der Waals surface area contributed by atoms with E-state index in [0.29, 0.717) is 18.5 Å². The molecule has 1 aromatic rings. The molecule has 0 aliphatic carbocycles. The van der Waals surface area contributed by atoms with Crippen LogP contribution in [-0.2, 0) is 11.3 Å². The molecule has 2 bridgehead atoms. The lowest BCUT2D eigenvalue weighted by molar-refractivity contribution is -0.121. The van der Waals surface area contributed by atoms with Crippen molar-refractivity contribution in [2.75, 3.05) is 6.54 Å². The first-order chi connectivity index (χ1) is 8.33. The van der Waals surface area contributed by atoms with Gasteiger partial charge in [-0.3, -0.25) is 14.7 Å². The molecule has 4 nitrogen and oxygen atoms in total. The fraction of sp³-hybridized carbons (Fsp3) is 0.538. The Labute approximate surface area is 101 Å². The summed E-state index contributed by atoms with van der Waals surface area (Å²) in [5.41, 5.74) is 1.10. The molecule has 0 saturated carbocycles. The van der Waals surface area contributed by atoms with Crippen LogP contribution in [0.4, 0.5) is 0 Å². The number of hydrogen-bond donors (Lipinski definition) is 1. The molecule has 0 radical (unpaired) electrons. The van der Waals surface area contributed by atoms with Gasteiger partial charge in [-0.15, -0.1) is 0 Å². The molecular weight excluding hydrogens is 214 g/mol. The van der Waals surface area contributed by atoms with Crippen LogP contribution in [0.5, 0.6) is 0 Å². The lowest BCUT2D eigenvalue weighted by Gasteiger charge is -2.26. The highest BCUT2D eigenvalue weighted by Crippen LogP contribution is 2.29. The Kier molecular flexibility index (Phi) is 2.81. The van der Waals surface area contributed by atoms with E-state index in [0.717, 1.165) is 25.2 Å². The molecule has 1 aromatic heterocycles. The van der Waals surface area contributed by atoms with Crippen molar-refractivity contribution in [3.63, 3.8) is 0 Å². The summed E-state index contributed by atoms with van der Waals surface area (Å²) in [4.78, 5) is 18.3. The SMILES string of the molecule is O=C1C[C@H]2CC[C@@H](CN1)N2Cc1ccccn1. The molecule has 0 unspecified atom stereocenters. The van der Waals surface area contributed by atoms with Gasteiger partial charge in [0, 0.05) is 37.8 Å². The molecule has 3 heterocycles. The Morgan fingerprint density at radius 2 is 2.24 bits per heavy atom. The maximum atomic E-state index is 11.5. The quantitative estimate of drug-likeness (QED) is 0.823. The molecule has 2 aliphatic rings. The number of fused-ring (bicyclic) bond motifs is 2. The van der Waals surface area contributed by atoms with Crippen LogP contribution >= 0.6 is 0 Å². The molecule has 3 rings (SSSR count). The minimum atomic E-state index is 0.197. The number of rotatable bonds is 2. The van der Waals surface area contributed by atoms with Gasteiger partial charge >= 0.3 is 0 Å². The van der Waals surface area contributed by atoms with E-state index in [-0.39, 0.29) is 5.91 Å². The predicted molar refractivity (Wildman–Crippen MR) is 64.2 cm³/mol. The average Bonchev–Trinajstić information content (AvgIpc) is 2.62. The van der Waals surface area contributed by atoms with Crippen molar-refractivity contribution in [1.29, 1.82) is 0 Å². The molecule has 0 spiro atoms. The highest BCUT2D eigenvalue weighted by atomic mass is 16.1. The van der Waals surface area contributed by atoms with Crippen molar-refractivity contribution in [2.24, 2.45) is 0 Å². The van der Waals surface area contributed by atoms with Gasteiger partial charge in [-0.1, -0.05) is 6.07 Å². The van der Waals surface area contributed by atoms with Crippen LogP contribution in [0.2, 0.25) is 0 Å². The Morgan fingerprint density at radius 3 is 3.06 bits per heavy atom. The molecule has 2 fully saturated rings. The molecule has 2 atom stereocenters. The summed E-state index contributed by atoms with van der Waals surface area (Å²) >= 11 is 0. The van der Waals surface area contributed by atoms with Crippen LogP contribution in [0.1, 0.15) is 25.0 Å². The summed E-state index contributed by atoms with van der Waals surface area (Å²) in [5, 5.41) is 2.99. The molecule has 0 aromatic carbocycles. The summed E-state index contributed by atoms with van der Waals surface area (Å²) in [6.07, 6.45) is 4.81. The minimum absolute atomic E-state index is 0.197. The van der Waals surface area contributed by atoms with Gasteiger partial charge in [0.1, 0.15) is 0 Å². The Bertz CT molecular complexity index is 406. The molecule has 90 valence electrons. The standard InChI is InChI=1S/C13H17N3O/c17-13-7-11-4-5-12(8-15-13)16(11)9-10-3-1-2-6-14-10/h1-3,6,11-12H,4-5,7-9H2,(H,15,17)/t11-,12+/m1/s1. The molecule has 1 amide bonds. The van der Waals surface area contributed by atoms with E-state index < -0.39 is 0 Å². The lowest BCUT2D eigenvalue weighted by atomic mass is 10.1.